The Balaban J connectivity index is 1.02. The number of anilines is 2. The Morgan fingerprint density at radius 3 is 2.31 bits per heavy atom. The number of piperazine rings is 1. The van der Waals surface area contributed by atoms with Crippen molar-refractivity contribution in [3.63, 3.8) is 0 Å². The summed E-state index contributed by atoms with van der Waals surface area (Å²) < 4.78 is 55.4. The largest absolute Gasteiger partial charge is 0.507 e. The second-order valence-corrected chi connectivity index (χ2v) is 27.3. The van der Waals surface area contributed by atoms with Crippen LogP contribution in [0.2, 0.25) is 5.02 Å². The van der Waals surface area contributed by atoms with Crippen molar-refractivity contribution >= 4 is 81.3 Å². The molecule has 3 fully saturated rings. The number of aliphatic hydroxyl groups excluding tert-OH is 2. The number of allylic oxidation sites excluding steroid dienone is 2. The van der Waals surface area contributed by atoms with Crippen molar-refractivity contribution in [3.8, 4) is 16.9 Å². The molecule has 7 N–H and O–H groups in total. The number of aromatic hydroxyl groups is 1. The normalized spacial score (nSPS) is 27.3. The van der Waals surface area contributed by atoms with Crippen molar-refractivity contribution in [1.82, 2.24) is 25.1 Å². The fourth-order valence-electron chi connectivity index (χ4n) is 13.3. The van der Waals surface area contributed by atoms with Crippen molar-refractivity contribution < 1.29 is 82.0 Å². The molecule has 22 nitrogen and oxygen atoms in total. The Bertz CT molecular complexity index is 3220. The van der Waals surface area contributed by atoms with Crippen LogP contribution < -0.4 is 15.5 Å². The number of piperidine rings is 1. The van der Waals surface area contributed by atoms with E-state index in [4.69, 9.17) is 35.5 Å². The Labute approximate surface area is 564 Å². The number of ether oxygens (including phenoxy) is 4. The van der Waals surface area contributed by atoms with Crippen LogP contribution in [0.4, 0.5) is 20.5 Å². The number of amides is 3. The molecule has 2 aromatic carbocycles. The summed E-state index contributed by atoms with van der Waals surface area (Å²) in [6.45, 7) is 12.0. The highest BCUT2D eigenvalue weighted by molar-refractivity contribution is 7.99. The number of methoxy groups -OCH3 is 3. The first-order valence-electron chi connectivity index (χ1n) is 33.1. The molecule has 7 rings (SSSR count). The average molecular weight is 1370 g/mol. The van der Waals surface area contributed by atoms with Crippen LogP contribution in [-0.2, 0) is 47.7 Å². The quantitative estimate of drug-likeness (QED) is 0.0149. The Hall–Kier alpha value is -6.16. The fourth-order valence-corrected chi connectivity index (χ4v) is 14.4. The van der Waals surface area contributed by atoms with Crippen molar-refractivity contribution in [2.45, 2.75) is 172 Å². The number of benzene rings is 2. The number of hydrogen-bond donors (Lipinski definition) is 7. The number of ketones is 2. The highest BCUT2D eigenvalue weighted by Crippen LogP contribution is 2.43. The minimum Gasteiger partial charge on any atom is -0.507 e. The monoisotopic (exact) mass is 1370 g/mol. The summed E-state index contributed by atoms with van der Waals surface area (Å²) in [4.78, 5) is 96.4. The molecule has 0 bridgehead atoms. The number of carbonyl (C=O) groups excluding carboxylic acids is 6. The average Bonchev–Trinajstić information content (AvgIpc) is 0.756. The second-order valence-electron chi connectivity index (χ2n) is 25.7. The maximum Gasteiger partial charge on any atom is 0.329 e. The zero-order valence-corrected chi connectivity index (χ0v) is 57.2. The number of halogens is 3. The van der Waals surface area contributed by atoms with E-state index in [-0.39, 0.29) is 95.8 Å². The molecule has 1 aromatic heterocycles. The Morgan fingerprint density at radius 1 is 0.884 bits per heavy atom. The number of aromatic nitrogens is 2. The summed E-state index contributed by atoms with van der Waals surface area (Å²) in [5.74, 6) is -11.2. The van der Waals surface area contributed by atoms with E-state index in [0.29, 0.717) is 126 Å². The van der Waals surface area contributed by atoms with Crippen molar-refractivity contribution in [3.05, 3.63) is 76.9 Å². The molecule has 0 spiro atoms. The topological polar surface area (TPSA) is 300 Å². The van der Waals surface area contributed by atoms with E-state index in [0.717, 1.165) is 16.5 Å². The molecular weight excluding hydrogens is 1270 g/mol. The molecule has 4 aliphatic rings. The Morgan fingerprint density at radius 2 is 1.61 bits per heavy atom. The standard InChI is InChI=1S/C69H96ClF2N7O15S/c1-9-58(85)77-27-29-78(30-28-77)65-48-38-49(70)59(60-50(71)18-13-20-53(60)81)61(72)62(48)75-68(76-65)74-24-23-57(84)73-25-32-95-31-14-15-45-33-40(2)34-46(91-6)16-12-17-47(92-7)36-42(4)69(89,90)64(86)66(87)79-26-11-10-19-51(79)67(88)94-63(43(5)54(82)39-55(45)83)41(3)35-44-21-22-52(80)56(37-44)93-8/h9,13,18,20,33,35,38,42-47,51-52,54,56,63,80-82,89-90H,1,10-12,14-17,19,21-32,34,36-37,39H2,2-8H3,(H,73,84)(H,74,75,76)/b40-33+,41-35+/t42-,43-,44+,45-,46-,47-,51+,52-,54+,56-,63-/m1/s1. The molecule has 2 saturated heterocycles. The maximum atomic E-state index is 16.7. The molecule has 3 aliphatic heterocycles. The lowest BCUT2D eigenvalue weighted by Gasteiger charge is -2.38. The zero-order chi connectivity index (χ0) is 69.3. The number of phenolic OH excluding ortho intramolecular Hbond substituents is 1. The number of carbonyl (C=O) groups is 6. The van der Waals surface area contributed by atoms with Crippen LogP contribution in [0.25, 0.3) is 22.0 Å². The van der Waals surface area contributed by atoms with Gasteiger partial charge in [-0.05, 0) is 139 Å². The van der Waals surface area contributed by atoms with Gasteiger partial charge in [0.05, 0.1) is 41.1 Å². The molecule has 4 heterocycles. The third-order valence-electron chi connectivity index (χ3n) is 19.0. The number of fused-ring (bicyclic) bond motifs is 2. The summed E-state index contributed by atoms with van der Waals surface area (Å²) >= 11 is 8.21. The van der Waals surface area contributed by atoms with E-state index in [1.54, 1.807) is 37.6 Å². The van der Waals surface area contributed by atoms with Gasteiger partial charge in [0.25, 0.3) is 11.7 Å². The number of nitrogens with zero attached hydrogens (tertiary/aromatic N) is 5. The third kappa shape index (κ3) is 20.0. The lowest BCUT2D eigenvalue weighted by molar-refractivity contribution is -0.208. The zero-order valence-electron chi connectivity index (χ0n) is 55.7. The second kappa shape index (κ2) is 35.9. The highest BCUT2D eigenvalue weighted by atomic mass is 35.5. The number of esters is 1. The van der Waals surface area contributed by atoms with E-state index >= 15 is 8.78 Å². The molecular formula is C69H96ClF2N7O15S. The summed E-state index contributed by atoms with van der Waals surface area (Å²) in [6.07, 6.45) is 6.19. The molecule has 26 heteroatoms. The van der Waals surface area contributed by atoms with Gasteiger partial charge < -0.3 is 69.8 Å². The predicted octanol–water partition coefficient (Wildman–Crippen LogP) is 8.01. The number of rotatable bonds is 19. The number of phenols is 1. The van der Waals surface area contributed by atoms with Gasteiger partial charge in [-0.25, -0.2) is 18.6 Å². The number of Topliss-reactive ketones (excluding diaryl/α,β-unsaturated/α-hetero) is 2. The van der Waals surface area contributed by atoms with Crippen molar-refractivity contribution in [2.75, 3.05) is 88.9 Å². The Kier molecular flexibility index (Phi) is 28.8. The predicted molar refractivity (Wildman–Crippen MR) is 358 cm³/mol. The number of nitrogens with one attached hydrogen (secondary N) is 2. The molecule has 1 aliphatic carbocycles. The van der Waals surface area contributed by atoms with Crippen LogP contribution in [0.3, 0.4) is 0 Å². The minimum atomic E-state index is -3.08. The first-order chi connectivity index (χ1) is 45.3. The van der Waals surface area contributed by atoms with Crippen molar-refractivity contribution in [2.24, 2.45) is 23.7 Å². The number of hydrogen-bond acceptors (Lipinski definition) is 20. The number of aliphatic hydroxyl groups is 4. The van der Waals surface area contributed by atoms with Gasteiger partial charge in [0.2, 0.25) is 23.5 Å². The molecule has 0 unspecified atom stereocenters. The van der Waals surface area contributed by atoms with Crippen LogP contribution >= 0.6 is 23.4 Å². The summed E-state index contributed by atoms with van der Waals surface area (Å²) in [5, 5.41) is 62.0. The van der Waals surface area contributed by atoms with Gasteiger partial charge in [0.1, 0.15) is 40.8 Å². The molecule has 1 saturated carbocycles. The van der Waals surface area contributed by atoms with Crippen LogP contribution in [0.15, 0.2) is 60.2 Å². The summed E-state index contributed by atoms with van der Waals surface area (Å²) in [7, 11) is 4.62. The third-order valence-corrected chi connectivity index (χ3v) is 20.4. The highest BCUT2D eigenvalue weighted by Gasteiger charge is 2.49. The van der Waals surface area contributed by atoms with Gasteiger partial charge in [0, 0.05) is 114 Å². The SMILES string of the molecule is C=CC(=O)N1CCN(c2nc(NCCC(=O)NCCSCCC[C@@H]3/C=C(\C)C[C@H](OC)CCC[C@@H](OC)C[C@@H](C)C(O)(O)C(=O)C(=O)N4CCCC[C@H]4C(=O)O[C@H](/C(C)=C/[C@@H]4CC[C@@H](O)[C@H](OC)C4)[C@H](C)[C@@H](O)CC3=O)nc3c(F)c(-c4c(O)cccc4F)c(Cl)cc23)CC1. The molecule has 11 atom stereocenters. The summed E-state index contributed by atoms with van der Waals surface area (Å²) in [6, 6.07) is 3.72. The molecule has 524 valence electrons. The lowest BCUT2D eigenvalue weighted by Crippen LogP contribution is -2.58. The first-order valence-corrected chi connectivity index (χ1v) is 34.6. The molecule has 3 amide bonds. The number of thioether (sulfide) groups is 1. The molecule has 0 radical (unpaired) electrons. The molecule has 3 aromatic rings. The van der Waals surface area contributed by atoms with Gasteiger partial charge in [-0.15, -0.1) is 0 Å². The van der Waals surface area contributed by atoms with E-state index in [2.05, 4.69) is 22.2 Å². The van der Waals surface area contributed by atoms with E-state index in [1.165, 1.54) is 45.4 Å². The van der Waals surface area contributed by atoms with Crippen LogP contribution in [0.5, 0.6) is 5.75 Å². The molecule has 95 heavy (non-hydrogen) atoms. The maximum absolute atomic E-state index is 16.7. The van der Waals surface area contributed by atoms with E-state index in [1.807, 2.05) is 24.0 Å². The first kappa shape index (κ1) is 76.2. The van der Waals surface area contributed by atoms with E-state index in [9.17, 15) is 54.3 Å². The van der Waals surface area contributed by atoms with Gasteiger partial charge in [-0.3, -0.25) is 24.0 Å². The van der Waals surface area contributed by atoms with Gasteiger partial charge in [0.15, 0.2) is 5.82 Å². The van der Waals surface area contributed by atoms with Crippen LogP contribution in [0, 0.1) is 35.3 Å². The lowest BCUT2D eigenvalue weighted by atomic mass is 9.81. The van der Waals surface area contributed by atoms with Crippen LogP contribution in [-0.4, -0.2) is 208 Å². The van der Waals surface area contributed by atoms with Crippen LogP contribution in [0.1, 0.15) is 124 Å². The summed E-state index contributed by atoms with van der Waals surface area (Å²) in [5.41, 5.74) is 0.420. The fraction of sp³-hybridized carbons (Fsp3) is 0.623. The van der Waals surface area contributed by atoms with Gasteiger partial charge >= 0.3 is 5.97 Å². The van der Waals surface area contributed by atoms with Gasteiger partial charge in [-0.2, -0.15) is 16.7 Å². The van der Waals surface area contributed by atoms with E-state index < -0.39 is 101 Å². The number of cyclic esters (lactones) is 1. The van der Waals surface area contributed by atoms with Crippen molar-refractivity contribution in [1.29, 1.82) is 0 Å². The minimum absolute atomic E-state index is 0.0183. The smallest absolute Gasteiger partial charge is 0.329 e. The van der Waals surface area contributed by atoms with Gasteiger partial charge in [-0.1, -0.05) is 55.8 Å².